The van der Waals surface area contributed by atoms with Crippen molar-refractivity contribution in [2.75, 3.05) is 5.43 Å². The molecule has 2 aromatic carbocycles. The molecular formula is C15H12N2O2. The fourth-order valence-corrected chi connectivity index (χ4v) is 2.20. The van der Waals surface area contributed by atoms with Crippen molar-refractivity contribution in [1.29, 1.82) is 0 Å². The molecule has 0 saturated heterocycles. The van der Waals surface area contributed by atoms with Gasteiger partial charge in [0.15, 0.2) is 0 Å². The van der Waals surface area contributed by atoms with Crippen molar-refractivity contribution in [2.45, 2.75) is 6.92 Å². The summed E-state index contributed by atoms with van der Waals surface area (Å²) in [5.74, 6) is -0.616. The summed E-state index contributed by atoms with van der Waals surface area (Å²) in [5, 5.41) is 1.06. The molecule has 1 N–H and O–H groups in total. The number of aryl methyl sites for hydroxylation is 1. The van der Waals surface area contributed by atoms with Gasteiger partial charge in [-0.1, -0.05) is 30.3 Å². The maximum Gasteiger partial charge on any atom is 0.280 e. The molecule has 1 aliphatic rings. The number of para-hydroxylation sites is 1. The van der Waals surface area contributed by atoms with Crippen LogP contribution in [0.1, 0.15) is 26.3 Å². The maximum absolute atomic E-state index is 12.3. The lowest BCUT2D eigenvalue weighted by atomic mass is 10.0. The molecule has 2 aromatic rings. The van der Waals surface area contributed by atoms with Crippen molar-refractivity contribution in [3.05, 3.63) is 65.2 Å². The van der Waals surface area contributed by atoms with Gasteiger partial charge in [-0.2, -0.15) is 5.01 Å². The predicted molar refractivity (Wildman–Crippen MR) is 71.7 cm³/mol. The molecule has 0 saturated carbocycles. The van der Waals surface area contributed by atoms with Crippen LogP contribution in [0.3, 0.4) is 0 Å². The molecule has 19 heavy (non-hydrogen) atoms. The van der Waals surface area contributed by atoms with Crippen molar-refractivity contribution >= 4 is 17.5 Å². The van der Waals surface area contributed by atoms with Gasteiger partial charge in [-0.25, -0.2) is 0 Å². The minimum atomic E-state index is -0.312. The highest BCUT2D eigenvalue weighted by atomic mass is 16.2. The number of nitrogens with zero attached hydrogens (tertiary/aromatic N) is 1. The highest BCUT2D eigenvalue weighted by Gasteiger charge is 2.36. The van der Waals surface area contributed by atoms with Crippen molar-refractivity contribution in [2.24, 2.45) is 0 Å². The van der Waals surface area contributed by atoms with Crippen LogP contribution in [0.4, 0.5) is 5.69 Å². The Hall–Kier alpha value is -2.62. The van der Waals surface area contributed by atoms with Crippen LogP contribution < -0.4 is 5.43 Å². The number of carbonyl (C=O) groups excluding carboxylic acids is 2. The number of hydrogen-bond donors (Lipinski definition) is 1. The standard InChI is InChI=1S/C15H12N2O2/c1-10-6-5-9-12-13(10)15(19)17(14(12)18)16-11-7-3-2-4-8-11/h2-9,16H,1H3. The average molecular weight is 252 g/mol. The van der Waals surface area contributed by atoms with Gasteiger partial charge < -0.3 is 0 Å². The van der Waals surface area contributed by atoms with Gasteiger partial charge in [-0.3, -0.25) is 15.0 Å². The molecule has 0 bridgehead atoms. The zero-order valence-corrected chi connectivity index (χ0v) is 10.4. The molecule has 0 unspecified atom stereocenters. The lowest BCUT2D eigenvalue weighted by Crippen LogP contribution is -2.35. The van der Waals surface area contributed by atoms with Crippen LogP contribution in [0, 0.1) is 6.92 Å². The minimum Gasteiger partial charge on any atom is -0.288 e. The molecule has 4 heteroatoms. The van der Waals surface area contributed by atoms with E-state index in [2.05, 4.69) is 5.43 Å². The van der Waals surface area contributed by atoms with E-state index < -0.39 is 0 Å². The molecule has 0 aliphatic carbocycles. The summed E-state index contributed by atoms with van der Waals surface area (Å²) >= 11 is 0. The number of hydrazine groups is 1. The SMILES string of the molecule is Cc1cccc2c1C(=O)N(Nc1ccccc1)C2=O. The highest BCUT2D eigenvalue weighted by molar-refractivity contribution is 6.22. The van der Waals surface area contributed by atoms with Gasteiger partial charge in [-0.15, -0.1) is 0 Å². The number of nitrogens with one attached hydrogen (secondary N) is 1. The van der Waals surface area contributed by atoms with E-state index in [1.165, 1.54) is 0 Å². The zero-order valence-electron chi connectivity index (χ0n) is 10.4. The molecule has 1 aliphatic heterocycles. The largest absolute Gasteiger partial charge is 0.288 e. The van der Waals surface area contributed by atoms with Crippen molar-refractivity contribution < 1.29 is 9.59 Å². The first-order chi connectivity index (χ1) is 9.18. The van der Waals surface area contributed by atoms with Gasteiger partial charge in [0.05, 0.1) is 16.8 Å². The van der Waals surface area contributed by atoms with E-state index in [-0.39, 0.29) is 11.8 Å². The van der Waals surface area contributed by atoms with E-state index in [1.807, 2.05) is 31.2 Å². The van der Waals surface area contributed by atoms with E-state index in [4.69, 9.17) is 0 Å². The van der Waals surface area contributed by atoms with Gasteiger partial charge in [0.2, 0.25) is 0 Å². The van der Waals surface area contributed by atoms with Crippen LogP contribution in [0.2, 0.25) is 0 Å². The lowest BCUT2D eigenvalue weighted by molar-refractivity contribution is 0.0691. The predicted octanol–water partition coefficient (Wildman–Crippen LogP) is 2.62. The number of fused-ring (bicyclic) bond motifs is 1. The number of benzene rings is 2. The summed E-state index contributed by atoms with van der Waals surface area (Å²) in [6.07, 6.45) is 0. The van der Waals surface area contributed by atoms with E-state index in [0.29, 0.717) is 16.8 Å². The molecule has 0 spiro atoms. The maximum atomic E-state index is 12.3. The first-order valence-electron chi connectivity index (χ1n) is 5.98. The molecule has 1 heterocycles. The minimum absolute atomic E-state index is 0.304. The Balaban J connectivity index is 1.97. The Bertz CT molecular complexity index is 665. The molecule has 4 nitrogen and oxygen atoms in total. The number of rotatable bonds is 2. The quantitative estimate of drug-likeness (QED) is 0.836. The molecule has 0 fully saturated rings. The van der Waals surface area contributed by atoms with E-state index in [1.54, 1.807) is 24.3 Å². The Morgan fingerprint density at radius 2 is 1.63 bits per heavy atom. The molecule has 0 atom stereocenters. The third kappa shape index (κ3) is 1.78. The first-order valence-corrected chi connectivity index (χ1v) is 5.98. The third-order valence-electron chi connectivity index (χ3n) is 3.14. The normalized spacial score (nSPS) is 13.6. The molecule has 0 aromatic heterocycles. The highest BCUT2D eigenvalue weighted by Crippen LogP contribution is 2.26. The van der Waals surface area contributed by atoms with E-state index >= 15 is 0 Å². The molecule has 94 valence electrons. The fraction of sp³-hybridized carbons (Fsp3) is 0.0667. The summed E-state index contributed by atoms with van der Waals surface area (Å²) < 4.78 is 0. The fourth-order valence-electron chi connectivity index (χ4n) is 2.20. The monoisotopic (exact) mass is 252 g/mol. The topological polar surface area (TPSA) is 49.4 Å². The number of carbonyl (C=O) groups is 2. The Morgan fingerprint density at radius 1 is 0.895 bits per heavy atom. The first kappa shape index (κ1) is 11.5. The van der Waals surface area contributed by atoms with Crippen LogP contribution in [0.15, 0.2) is 48.5 Å². The van der Waals surface area contributed by atoms with E-state index in [0.717, 1.165) is 10.6 Å². The van der Waals surface area contributed by atoms with Crippen molar-refractivity contribution in [3.63, 3.8) is 0 Å². The Labute approximate surface area is 110 Å². The second-order valence-corrected chi connectivity index (χ2v) is 4.42. The number of hydrogen-bond acceptors (Lipinski definition) is 3. The van der Waals surface area contributed by atoms with Crippen LogP contribution in [-0.2, 0) is 0 Å². The van der Waals surface area contributed by atoms with Gasteiger partial charge in [-0.05, 0) is 30.7 Å². The number of anilines is 1. The second-order valence-electron chi connectivity index (χ2n) is 4.42. The zero-order chi connectivity index (χ0) is 13.4. The number of amides is 2. The van der Waals surface area contributed by atoms with Crippen molar-refractivity contribution in [1.82, 2.24) is 5.01 Å². The van der Waals surface area contributed by atoms with Crippen LogP contribution in [0.25, 0.3) is 0 Å². The summed E-state index contributed by atoms with van der Waals surface area (Å²) in [6.45, 7) is 1.83. The Kier molecular flexibility index (Phi) is 2.56. The summed E-state index contributed by atoms with van der Waals surface area (Å²) in [5.41, 5.74) is 5.30. The molecule has 3 rings (SSSR count). The lowest BCUT2D eigenvalue weighted by Gasteiger charge is -2.16. The number of imide groups is 1. The average Bonchev–Trinajstić information content (AvgIpc) is 2.66. The Morgan fingerprint density at radius 3 is 2.32 bits per heavy atom. The van der Waals surface area contributed by atoms with Gasteiger partial charge in [0, 0.05) is 0 Å². The summed E-state index contributed by atoms with van der Waals surface area (Å²) in [4.78, 5) is 24.5. The third-order valence-corrected chi connectivity index (χ3v) is 3.14. The summed E-state index contributed by atoms with van der Waals surface area (Å²) in [7, 11) is 0. The van der Waals surface area contributed by atoms with Crippen LogP contribution in [-0.4, -0.2) is 16.8 Å². The molecule has 2 amide bonds. The van der Waals surface area contributed by atoms with Gasteiger partial charge >= 0.3 is 0 Å². The van der Waals surface area contributed by atoms with Crippen molar-refractivity contribution in [3.8, 4) is 0 Å². The summed E-state index contributed by atoms with van der Waals surface area (Å²) in [6, 6.07) is 14.4. The molecular weight excluding hydrogens is 240 g/mol. The van der Waals surface area contributed by atoms with Crippen LogP contribution in [0.5, 0.6) is 0 Å². The van der Waals surface area contributed by atoms with Gasteiger partial charge in [0.1, 0.15) is 0 Å². The van der Waals surface area contributed by atoms with E-state index in [9.17, 15) is 9.59 Å². The smallest absolute Gasteiger partial charge is 0.280 e. The van der Waals surface area contributed by atoms with Gasteiger partial charge in [0.25, 0.3) is 11.8 Å². The molecule has 0 radical (unpaired) electrons. The second kappa shape index (κ2) is 4.24. The van der Waals surface area contributed by atoms with Crippen LogP contribution >= 0.6 is 0 Å².